The van der Waals surface area contributed by atoms with E-state index in [1.165, 1.54) is 11.3 Å². The summed E-state index contributed by atoms with van der Waals surface area (Å²) in [6, 6.07) is 8.13. The van der Waals surface area contributed by atoms with Crippen LogP contribution in [0.25, 0.3) is 0 Å². The average Bonchev–Trinajstić information content (AvgIpc) is 2.68. The number of benzene rings is 1. The fourth-order valence-corrected chi connectivity index (χ4v) is 3.89. The van der Waals surface area contributed by atoms with Crippen molar-refractivity contribution in [1.82, 2.24) is 5.32 Å². The first kappa shape index (κ1) is 15.1. The highest BCUT2D eigenvalue weighted by Crippen LogP contribution is 2.36. The van der Waals surface area contributed by atoms with Gasteiger partial charge >= 0.3 is 0 Å². The molecular formula is C14H14Cl3NS. The summed E-state index contributed by atoms with van der Waals surface area (Å²) in [5.41, 5.74) is 3.28. The number of nitrogens with one attached hydrogen (secondary N) is 1. The third-order valence-corrected chi connectivity index (χ3v) is 4.91. The van der Waals surface area contributed by atoms with Crippen molar-refractivity contribution in [1.29, 1.82) is 0 Å². The quantitative estimate of drug-likeness (QED) is 0.776. The Morgan fingerprint density at radius 3 is 2.47 bits per heavy atom. The normalized spacial score (nSPS) is 12.7. The molecule has 2 aromatic rings. The third kappa shape index (κ3) is 3.65. The molecule has 0 amide bonds. The first-order valence-electron chi connectivity index (χ1n) is 5.88. The Balaban J connectivity index is 2.26. The highest BCUT2D eigenvalue weighted by atomic mass is 35.5. The van der Waals surface area contributed by atoms with Crippen LogP contribution in [0.5, 0.6) is 0 Å². The molecule has 1 unspecified atom stereocenters. The molecule has 0 aliphatic carbocycles. The molecule has 1 nitrogen and oxygen atoms in total. The van der Waals surface area contributed by atoms with Gasteiger partial charge in [0.2, 0.25) is 0 Å². The van der Waals surface area contributed by atoms with Crippen LogP contribution in [0, 0.1) is 6.92 Å². The van der Waals surface area contributed by atoms with E-state index >= 15 is 0 Å². The summed E-state index contributed by atoms with van der Waals surface area (Å²) in [6.07, 6.45) is 0.780. The van der Waals surface area contributed by atoms with Crippen molar-refractivity contribution in [2.75, 3.05) is 7.05 Å². The molecular weight excluding hydrogens is 321 g/mol. The van der Waals surface area contributed by atoms with Crippen LogP contribution < -0.4 is 5.32 Å². The van der Waals surface area contributed by atoms with Crippen LogP contribution in [0.3, 0.4) is 0 Å². The van der Waals surface area contributed by atoms with Gasteiger partial charge in [0.15, 0.2) is 0 Å². The lowest BCUT2D eigenvalue weighted by Crippen LogP contribution is -2.18. The van der Waals surface area contributed by atoms with Gasteiger partial charge in [-0.15, -0.1) is 11.3 Å². The summed E-state index contributed by atoms with van der Waals surface area (Å²) < 4.78 is 1.43. The Hall–Kier alpha value is -0.250. The molecule has 2 rings (SSSR count). The monoisotopic (exact) mass is 333 g/mol. The van der Waals surface area contributed by atoms with E-state index in [9.17, 15) is 0 Å². The fraction of sp³-hybridized carbons (Fsp3) is 0.286. The minimum absolute atomic E-state index is 0.108. The minimum atomic E-state index is 0.108. The van der Waals surface area contributed by atoms with Gasteiger partial charge < -0.3 is 5.32 Å². The second-order valence-corrected chi connectivity index (χ2v) is 7.11. The van der Waals surface area contributed by atoms with Gasteiger partial charge in [-0.2, -0.15) is 0 Å². The van der Waals surface area contributed by atoms with Crippen LogP contribution >= 0.6 is 46.1 Å². The van der Waals surface area contributed by atoms with Crippen molar-refractivity contribution in [3.8, 4) is 0 Å². The maximum atomic E-state index is 6.28. The summed E-state index contributed by atoms with van der Waals surface area (Å²) in [5, 5.41) is 4.06. The van der Waals surface area contributed by atoms with Crippen molar-refractivity contribution >= 4 is 46.1 Å². The molecule has 1 aromatic carbocycles. The lowest BCUT2D eigenvalue weighted by atomic mass is 10.0. The first-order valence-corrected chi connectivity index (χ1v) is 7.83. The van der Waals surface area contributed by atoms with Crippen LogP contribution in [0.4, 0.5) is 0 Å². The van der Waals surface area contributed by atoms with E-state index in [0.29, 0.717) is 4.34 Å². The second-order valence-electron chi connectivity index (χ2n) is 4.42. The molecule has 19 heavy (non-hydrogen) atoms. The Labute approximate surface area is 132 Å². The fourth-order valence-electron chi connectivity index (χ4n) is 2.00. The van der Waals surface area contributed by atoms with Crippen molar-refractivity contribution in [3.63, 3.8) is 0 Å². The SMILES string of the molecule is CNC(Cc1ccc(C)cc1Cl)c1cc(Cl)sc1Cl. The maximum Gasteiger partial charge on any atom is 0.0992 e. The van der Waals surface area contributed by atoms with Crippen molar-refractivity contribution in [3.05, 3.63) is 54.7 Å². The predicted octanol–water partition coefficient (Wildman–Crippen LogP) is 5.52. The zero-order valence-corrected chi connectivity index (χ0v) is 13.7. The van der Waals surface area contributed by atoms with Gasteiger partial charge in [0, 0.05) is 16.6 Å². The number of rotatable bonds is 4. The van der Waals surface area contributed by atoms with Gasteiger partial charge in [-0.1, -0.05) is 46.9 Å². The number of thiophene rings is 1. The number of hydrogen-bond acceptors (Lipinski definition) is 2. The van der Waals surface area contributed by atoms with E-state index in [-0.39, 0.29) is 6.04 Å². The largest absolute Gasteiger partial charge is 0.313 e. The van der Waals surface area contributed by atoms with Gasteiger partial charge in [0.25, 0.3) is 0 Å². The topological polar surface area (TPSA) is 12.0 Å². The lowest BCUT2D eigenvalue weighted by molar-refractivity contribution is 0.594. The van der Waals surface area contributed by atoms with Crippen LogP contribution in [0.1, 0.15) is 22.7 Å². The zero-order valence-electron chi connectivity index (χ0n) is 10.6. The molecule has 0 radical (unpaired) electrons. The highest BCUT2D eigenvalue weighted by molar-refractivity contribution is 7.20. The van der Waals surface area contributed by atoms with E-state index in [1.807, 2.05) is 26.1 Å². The minimum Gasteiger partial charge on any atom is -0.313 e. The van der Waals surface area contributed by atoms with Crippen molar-refractivity contribution in [2.45, 2.75) is 19.4 Å². The summed E-state index contributed by atoms with van der Waals surface area (Å²) in [7, 11) is 1.91. The highest BCUT2D eigenvalue weighted by Gasteiger charge is 2.17. The van der Waals surface area contributed by atoms with E-state index in [0.717, 1.165) is 32.5 Å². The van der Waals surface area contributed by atoms with Crippen LogP contribution in [-0.2, 0) is 6.42 Å². The van der Waals surface area contributed by atoms with Gasteiger partial charge in [-0.05, 0) is 43.7 Å². The molecule has 1 heterocycles. The number of halogens is 3. The van der Waals surface area contributed by atoms with Gasteiger partial charge in [0.05, 0.1) is 8.67 Å². The lowest BCUT2D eigenvalue weighted by Gasteiger charge is -2.17. The molecule has 0 aliphatic rings. The summed E-state index contributed by atoms with van der Waals surface area (Å²) in [6.45, 7) is 2.03. The molecule has 102 valence electrons. The van der Waals surface area contributed by atoms with E-state index < -0.39 is 0 Å². The molecule has 0 spiro atoms. The van der Waals surface area contributed by atoms with E-state index in [2.05, 4.69) is 17.4 Å². The Morgan fingerprint density at radius 1 is 1.21 bits per heavy atom. The van der Waals surface area contributed by atoms with Gasteiger partial charge in [-0.25, -0.2) is 0 Å². The smallest absolute Gasteiger partial charge is 0.0992 e. The van der Waals surface area contributed by atoms with E-state index in [1.54, 1.807) is 0 Å². The summed E-state index contributed by atoms with van der Waals surface area (Å²) in [4.78, 5) is 0. The molecule has 0 bridgehead atoms. The number of likely N-dealkylation sites (N-methyl/N-ethyl adjacent to an activating group) is 1. The summed E-state index contributed by atoms with van der Waals surface area (Å²) >= 11 is 19.9. The maximum absolute atomic E-state index is 6.28. The zero-order chi connectivity index (χ0) is 14.0. The molecule has 0 aliphatic heterocycles. The van der Waals surface area contributed by atoms with Crippen LogP contribution in [-0.4, -0.2) is 7.05 Å². The average molecular weight is 335 g/mol. The Morgan fingerprint density at radius 2 is 1.95 bits per heavy atom. The van der Waals surface area contributed by atoms with Crippen molar-refractivity contribution < 1.29 is 0 Å². The first-order chi connectivity index (χ1) is 9.01. The van der Waals surface area contributed by atoms with Crippen LogP contribution in [0.15, 0.2) is 24.3 Å². The Bertz CT molecular complexity index is 580. The predicted molar refractivity (Wildman–Crippen MR) is 86.0 cm³/mol. The van der Waals surface area contributed by atoms with E-state index in [4.69, 9.17) is 34.8 Å². The summed E-state index contributed by atoms with van der Waals surface area (Å²) in [5.74, 6) is 0. The van der Waals surface area contributed by atoms with Crippen molar-refractivity contribution in [2.24, 2.45) is 0 Å². The molecule has 1 N–H and O–H groups in total. The molecule has 0 fully saturated rings. The molecule has 5 heteroatoms. The van der Waals surface area contributed by atoms with Gasteiger partial charge in [0.1, 0.15) is 0 Å². The molecule has 1 aromatic heterocycles. The number of aryl methyl sites for hydroxylation is 1. The second kappa shape index (κ2) is 6.47. The van der Waals surface area contributed by atoms with Gasteiger partial charge in [-0.3, -0.25) is 0 Å². The standard InChI is InChI=1S/C14H14Cl3NS/c1-8-3-4-9(11(15)5-8)6-12(18-2)10-7-13(16)19-14(10)17/h3-5,7,12,18H,6H2,1-2H3. The third-order valence-electron chi connectivity index (χ3n) is 3.04. The number of hydrogen-bond donors (Lipinski definition) is 1. The van der Waals surface area contributed by atoms with Crippen LogP contribution in [0.2, 0.25) is 13.7 Å². The molecule has 0 saturated heterocycles. The Kier molecular flexibility index (Phi) is 5.15. The molecule has 1 atom stereocenters. The molecule has 0 saturated carbocycles.